The Hall–Kier alpha value is -1.88. The van der Waals surface area contributed by atoms with Crippen molar-refractivity contribution < 1.29 is 9.53 Å². The van der Waals surface area contributed by atoms with Crippen molar-refractivity contribution >= 4 is 11.7 Å². The van der Waals surface area contributed by atoms with E-state index in [1.54, 1.807) is 18.2 Å². The Morgan fingerprint density at radius 1 is 1.53 bits per heavy atom. The van der Waals surface area contributed by atoms with Gasteiger partial charge in [-0.15, -0.1) is 0 Å². The SMILES string of the molecule is C[C@]1(c2cccc(C(N)=O)c2)COCC(N)=N1. The molecule has 0 unspecified atom stereocenters. The molecule has 2 rings (SSSR count). The fourth-order valence-electron chi connectivity index (χ4n) is 1.89. The summed E-state index contributed by atoms with van der Waals surface area (Å²) in [7, 11) is 0. The van der Waals surface area contributed by atoms with Crippen LogP contribution in [0, 0.1) is 0 Å². The van der Waals surface area contributed by atoms with Crippen LogP contribution in [0.15, 0.2) is 29.3 Å². The first-order chi connectivity index (χ1) is 8.01. The lowest BCUT2D eigenvalue weighted by Crippen LogP contribution is -2.37. The third kappa shape index (κ3) is 2.29. The molecular formula is C12H15N3O2. The molecule has 1 aromatic carbocycles. The minimum atomic E-state index is -0.548. The van der Waals surface area contributed by atoms with Crippen molar-refractivity contribution in [2.24, 2.45) is 16.5 Å². The summed E-state index contributed by atoms with van der Waals surface area (Å²) < 4.78 is 5.38. The van der Waals surface area contributed by atoms with Crippen LogP contribution in [-0.4, -0.2) is 25.0 Å². The Morgan fingerprint density at radius 3 is 2.94 bits per heavy atom. The molecule has 5 nitrogen and oxygen atoms in total. The summed E-state index contributed by atoms with van der Waals surface area (Å²) in [6, 6.07) is 7.07. The number of hydrogen-bond donors (Lipinski definition) is 2. The van der Waals surface area contributed by atoms with Gasteiger partial charge in [0.15, 0.2) is 0 Å². The predicted molar refractivity (Wildman–Crippen MR) is 64.8 cm³/mol. The van der Waals surface area contributed by atoms with Gasteiger partial charge in [-0.25, -0.2) is 0 Å². The quantitative estimate of drug-likeness (QED) is 0.774. The van der Waals surface area contributed by atoms with Crippen LogP contribution in [0.4, 0.5) is 0 Å². The van der Waals surface area contributed by atoms with Crippen LogP contribution in [-0.2, 0) is 10.3 Å². The molecule has 5 heteroatoms. The number of rotatable bonds is 2. The van der Waals surface area contributed by atoms with Gasteiger partial charge in [-0.2, -0.15) is 0 Å². The van der Waals surface area contributed by atoms with Crippen LogP contribution < -0.4 is 11.5 Å². The van der Waals surface area contributed by atoms with E-state index in [4.69, 9.17) is 16.2 Å². The largest absolute Gasteiger partial charge is 0.386 e. The molecule has 1 amide bonds. The lowest BCUT2D eigenvalue weighted by Gasteiger charge is -2.30. The van der Waals surface area contributed by atoms with E-state index in [9.17, 15) is 4.79 Å². The molecule has 0 spiro atoms. The van der Waals surface area contributed by atoms with Crippen molar-refractivity contribution in [3.63, 3.8) is 0 Å². The molecular weight excluding hydrogens is 218 g/mol. The van der Waals surface area contributed by atoms with E-state index in [1.807, 2.05) is 13.0 Å². The second-order valence-electron chi connectivity index (χ2n) is 4.31. The average Bonchev–Trinajstić information content (AvgIpc) is 2.29. The zero-order valence-electron chi connectivity index (χ0n) is 9.64. The van der Waals surface area contributed by atoms with E-state index in [1.165, 1.54) is 0 Å². The molecule has 90 valence electrons. The van der Waals surface area contributed by atoms with Gasteiger partial charge in [0.1, 0.15) is 18.0 Å². The van der Waals surface area contributed by atoms with E-state index in [2.05, 4.69) is 4.99 Å². The van der Waals surface area contributed by atoms with E-state index >= 15 is 0 Å². The van der Waals surface area contributed by atoms with E-state index in [0.717, 1.165) is 5.56 Å². The highest BCUT2D eigenvalue weighted by Gasteiger charge is 2.30. The van der Waals surface area contributed by atoms with Crippen LogP contribution in [0.25, 0.3) is 0 Å². The molecule has 1 aromatic rings. The van der Waals surface area contributed by atoms with Gasteiger partial charge in [0, 0.05) is 5.56 Å². The Kier molecular flexibility index (Phi) is 2.85. The number of benzene rings is 1. The van der Waals surface area contributed by atoms with Gasteiger partial charge < -0.3 is 16.2 Å². The first-order valence-corrected chi connectivity index (χ1v) is 5.33. The monoisotopic (exact) mass is 233 g/mol. The maximum absolute atomic E-state index is 11.1. The smallest absolute Gasteiger partial charge is 0.248 e. The summed E-state index contributed by atoms with van der Waals surface area (Å²) in [4.78, 5) is 15.5. The topological polar surface area (TPSA) is 90.7 Å². The third-order valence-electron chi connectivity index (χ3n) is 2.79. The number of amides is 1. The van der Waals surface area contributed by atoms with Gasteiger partial charge in [-0.05, 0) is 24.6 Å². The number of amidine groups is 1. The fourth-order valence-corrected chi connectivity index (χ4v) is 1.89. The number of carbonyl (C=O) groups is 1. The summed E-state index contributed by atoms with van der Waals surface area (Å²) in [5, 5.41) is 0. The second-order valence-corrected chi connectivity index (χ2v) is 4.31. The van der Waals surface area contributed by atoms with E-state index in [-0.39, 0.29) is 0 Å². The molecule has 1 aliphatic heterocycles. The van der Waals surface area contributed by atoms with Crippen LogP contribution in [0.2, 0.25) is 0 Å². The van der Waals surface area contributed by atoms with Crippen LogP contribution in [0.3, 0.4) is 0 Å². The molecule has 1 heterocycles. The van der Waals surface area contributed by atoms with Crippen molar-refractivity contribution in [1.29, 1.82) is 0 Å². The molecule has 0 saturated heterocycles. The van der Waals surface area contributed by atoms with Gasteiger partial charge >= 0.3 is 0 Å². The summed E-state index contributed by atoms with van der Waals surface area (Å²) in [6.07, 6.45) is 0. The minimum absolute atomic E-state index is 0.352. The Morgan fingerprint density at radius 2 is 2.29 bits per heavy atom. The highest BCUT2D eigenvalue weighted by Crippen LogP contribution is 2.28. The van der Waals surface area contributed by atoms with Crippen LogP contribution in [0.5, 0.6) is 0 Å². The highest BCUT2D eigenvalue weighted by atomic mass is 16.5. The standard InChI is InChI=1S/C12H15N3O2/c1-12(7-17-6-10(13)15-12)9-4-2-3-8(5-9)11(14)16/h2-5H,6-7H2,1H3,(H2,13,15)(H2,14,16)/t12-/m1/s1. The lowest BCUT2D eigenvalue weighted by molar-refractivity contribution is 0.0997. The maximum Gasteiger partial charge on any atom is 0.248 e. The normalized spacial score (nSPS) is 24.2. The van der Waals surface area contributed by atoms with Crippen LogP contribution >= 0.6 is 0 Å². The van der Waals surface area contributed by atoms with Gasteiger partial charge in [0.05, 0.1) is 6.61 Å². The Bertz CT molecular complexity index is 484. The second kappa shape index (κ2) is 4.18. The Balaban J connectivity index is 2.42. The number of nitrogens with two attached hydrogens (primary N) is 2. The van der Waals surface area contributed by atoms with Crippen molar-refractivity contribution in [3.8, 4) is 0 Å². The van der Waals surface area contributed by atoms with Gasteiger partial charge in [-0.1, -0.05) is 12.1 Å². The molecule has 0 aromatic heterocycles. The first-order valence-electron chi connectivity index (χ1n) is 5.33. The summed E-state index contributed by atoms with van der Waals surface area (Å²) in [5.74, 6) is 0.00681. The highest BCUT2D eigenvalue weighted by molar-refractivity contribution is 5.93. The number of carbonyl (C=O) groups excluding carboxylic acids is 1. The third-order valence-corrected chi connectivity index (χ3v) is 2.79. The first kappa shape index (κ1) is 11.6. The van der Waals surface area contributed by atoms with Crippen molar-refractivity contribution in [2.75, 3.05) is 13.2 Å². The van der Waals surface area contributed by atoms with Crippen molar-refractivity contribution in [1.82, 2.24) is 0 Å². The summed E-state index contributed by atoms with van der Waals surface area (Å²) >= 11 is 0. The molecule has 0 bridgehead atoms. The fraction of sp³-hybridized carbons (Fsp3) is 0.333. The Labute approximate surface area is 99.5 Å². The molecule has 0 aliphatic carbocycles. The summed E-state index contributed by atoms with van der Waals surface area (Å²) in [6.45, 7) is 2.71. The molecule has 17 heavy (non-hydrogen) atoms. The van der Waals surface area contributed by atoms with Crippen molar-refractivity contribution in [2.45, 2.75) is 12.5 Å². The van der Waals surface area contributed by atoms with E-state index < -0.39 is 11.4 Å². The molecule has 1 aliphatic rings. The molecule has 0 radical (unpaired) electrons. The lowest BCUT2D eigenvalue weighted by atomic mass is 9.91. The zero-order chi connectivity index (χ0) is 12.5. The number of hydrogen-bond acceptors (Lipinski definition) is 4. The van der Waals surface area contributed by atoms with Gasteiger partial charge in [-0.3, -0.25) is 9.79 Å². The van der Waals surface area contributed by atoms with Gasteiger partial charge in [0.2, 0.25) is 5.91 Å². The average molecular weight is 233 g/mol. The maximum atomic E-state index is 11.1. The predicted octanol–water partition coefficient (Wildman–Crippen LogP) is 0.388. The molecule has 0 saturated carbocycles. The number of primary amides is 1. The molecule has 0 fully saturated rings. The number of nitrogens with zero attached hydrogens (tertiary/aromatic N) is 1. The van der Waals surface area contributed by atoms with Crippen molar-refractivity contribution in [3.05, 3.63) is 35.4 Å². The number of aliphatic imine (C=N–C) groups is 1. The van der Waals surface area contributed by atoms with Crippen LogP contribution in [0.1, 0.15) is 22.8 Å². The summed E-state index contributed by atoms with van der Waals surface area (Å²) in [5.41, 5.74) is 11.7. The molecule has 1 atom stereocenters. The molecule has 4 N–H and O–H groups in total. The zero-order valence-corrected chi connectivity index (χ0v) is 9.64. The van der Waals surface area contributed by atoms with Gasteiger partial charge in [0.25, 0.3) is 0 Å². The minimum Gasteiger partial charge on any atom is -0.386 e. The number of ether oxygens (including phenoxy) is 1. The van der Waals surface area contributed by atoms with E-state index in [0.29, 0.717) is 24.6 Å².